The van der Waals surface area contributed by atoms with Crippen molar-refractivity contribution in [2.24, 2.45) is 5.92 Å². The van der Waals surface area contributed by atoms with Crippen LogP contribution in [0.15, 0.2) is 12.3 Å². The molecule has 0 amide bonds. The van der Waals surface area contributed by atoms with Crippen molar-refractivity contribution in [2.45, 2.75) is 51.7 Å². The second kappa shape index (κ2) is 4.79. The van der Waals surface area contributed by atoms with Crippen LogP contribution >= 0.6 is 0 Å². The highest BCUT2D eigenvalue weighted by atomic mass is 16.3. The SMILES string of the molecule is CCCn1nccc1C(O)C1CCCC1. The molecule has 1 fully saturated rings. The van der Waals surface area contributed by atoms with Crippen molar-refractivity contribution in [1.29, 1.82) is 0 Å². The second-order valence-electron chi connectivity index (χ2n) is 4.47. The van der Waals surface area contributed by atoms with Gasteiger partial charge in [-0.1, -0.05) is 19.8 Å². The van der Waals surface area contributed by atoms with E-state index in [1.807, 2.05) is 10.7 Å². The minimum absolute atomic E-state index is 0.304. The Kier molecular flexibility index (Phi) is 3.41. The van der Waals surface area contributed by atoms with Crippen molar-refractivity contribution < 1.29 is 5.11 Å². The van der Waals surface area contributed by atoms with Crippen LogP contribution in [0.1, 0.15) is 50.8 Å². The lowest BCUT2D eigenvalue weighted by Crippen LogP contribution is -2.15. The van der Waals surface area contributed by atoms with Crippen LogP contribution in [-0.2, 0) is 6.54 Å². The van der Waals surface area contributed by atoms with Crippen molar-refractivity contribution in [1.82, 2.24) is 9.78 Å². The Bertz CT molecular complexity index is 302. The van der Waals surface area contributed by atoms with Gasteiger partial charge in [0.25, 0.3) is 0 Å². The van der Waals surface area contributed by atoms with E-state index in [9.17, 15) is 5.11 Å². The van der Waals surface area contributed by atoms with Crippen LogP contribution < -0.4 is 0 Å². The minimum atomic E-state index is -0.304. The monoisotopic (exact) mass is 208 g/mol. The molecule has 3 heteroatoms. The van der Waals surface area contributed by atoms with Crippen LogP contribution in [0.5, 0.6) is 0 Å². The Morgan fingerprint density at radius 2 is 2.27 bits per heavy atom. The standard InChI is InChI=1S/C12H20N2O/c1-2-9-14-11(7-8-13-14)12(15)10-5-3-4-6-10/h7-8,10,12,15H,2-6,9H2,1H3. The van der Waals surface area contributed by atoms with E-state index in [1.165, 1.54) is 25.7 Å². The lowest BCUT2D eigenvalue weighted by Gasteiger charge is -2.18. The third-order valence-corrected chi connectivity index (χ3v) is 3.33. The third-order valence-electron chi connectivity index (χ3n) is 3.33. The summed E-state index contributed by atoms with van der Waals surface area (Å²) in [6.45, 7) is 3.04. The smallest absolute Gasteiger partial charge is 0.0984 e. The lowest BCUT2D eigenvalue weighted by molar-refractivity contribution is 0.102. The summed E-state index contributed by atoms with van der Waals surface area (Å²) in [4.78, 5) is 0. The van der Waals surface area contributed by atoms with E-state index in [2.05, 4.69) is 12.0 Å². The fraction of sp³-hybridized carbons (Fsp3) is 0.750. The van der Waals surface area contributed by atoms with Gasteiger partial charge < -0.3 is 5.11 Å². The summed E-state index contributed by atoms with van der Waals surface area (Å²) in [6.07, 6.45) is 7.42. The van der Waals surface area contributed by atoms with Crippen molar-refractivity contribution in [3.63, 3.8) is 0 Å². The number of hydrogen-bond acceptors (Lipinski definition) is 2. The number of aliphatic hydroxyl groups excluding tert-OH is 1. The van der Waals surface area contributed by atoms with Crippen LogP contribution in [0.4, 0.5) is 0 Å². The van der Waals surface area contributed by atoms with Gasteiger partial charge in [0.1, 0.15) is 0 Å². The molecule has 0 radical (unpaired) electrons. The number of rotatable bonds is 4. The molecule has 1 N–H and O–H groups in total. The number of aliphatic hydroxyl groups is 1. The summed E-state index contributed by atoms with van der Waals surface area (Å²) in [5.41, 5.74) is 1.00. The van der Waals surface area contributed by atoms with E-state index in [0.29, 0.717) is 5.92 Å². The quantitative estimate of drug-likeness (QED) is 0.825. The molecular formula is C12H20N2O. The van der Waals surface area contributed by atoms with Gasteiger partial charge in [-0.2, -0.15) is 5.10 Å². The summed E-state index contributed by atoms with van der Waals surface area (Å²) in [6, 6.07) is 1.96. The highest BCUT2D eigenvalue weighted by Gasteiger charge is 2.26. The first-order valence-corrected chi connectivity index (χ1v) is 6.02. The molecule has 1 aliphatic rings. The summed E-state index contributed by atoms with van der Waals surface area (Å²) >= 11 is 0. The zero-order valence-electron chi connectivity index (χ0n) is 9.39. The molecule has 1 unspecified atom stereocenters. The minimum Gasteiger partial charge on any atom is -0.387 e. The lowest BCUT2D eigenvalue weighted by atomic mass is 9.98. The number of aromatic nitrogens is 2. The summed E-state index contributed by atoms with van der Waals surface area (Å²) in [5, 5.41) is 14.5. The first-order valence-electron chi connectivity index (χ1n) is 6.02. The Hall–Kier alpha value is -0.830. The van der Waals surface area contributed by atoms with Gasteiger partial charge in [0, 0.05) is 12.7 Å². The van der Waals surface area contributed by atoms with Crippen LogP contribution in [0, 0.1) is 5.92 Å². The van der Waals surface area contributed by atoms with E-state index in [1.54, 1.807) is 6.20 Å². The predicted octanol–water partition coefficient (Wildman–Crippen LogP) is 2.52. The molecule has 1 aromatic rings. The molecular weight excluding hydrogens is 188 g/mol. The molecule has 1 aromatic heterocycles. The fourth-order valence-electron chi connectivity index (χ4n) is 2.51. The topological polar surface area (TPSA) is 38.0 Å². The zero-order valence-corrected chi connectivity index (χ0v) is 9.39. The maximum Gasteiger partial charge on any atom is 0.0984 e. The normalized spacial score (nSPS) is 19.6. The van der Waals surface area contributed by atoms with Gasteiger partial charge in [0.2, 0.25) is 0 Å². The molecule has 0 saturated heterocycles. The van der Waals surface area contributed by atoms with Gasteiger partial charge in [0.05, 0.1) is 11.8 Å². The maximum absolute atomic E-state index is 10.3. The molecule has 2 rings (SSSR count). The highest BCUT2D eigenvalue weighted by molar-refractivity contribution is 5.06. The Morgan fingerprint density at radius 1 is 1.53 bits per heavy atom. The molecule has 15 heavy (non-hydrogen) atoms. The predicted molar refractivity (Wildman–Crippen MR) is 59.4 cm³/mol. The zero-order chi connectivity index (χ0) is 10.7. The van der Waals surface area contributed by atoms with Crippen LogP contribution in [0.25, 0.3) is 0 Å². The van der Waals surface area contributed by atoms with Gasteiger partial charge in [0.15, 0.2) is 0 Å². The van der Waals surface area contributed by atoms with Gasteiger partial charge >= 0.3 is 0 Å². The Labute approximate surface area is 91.1 Å². The summed E-state index contributed by atoms with van der Waals surface area (Å²) in [7, 11) is 0. The van der Waals surface area contributed by atoms with E-state index >= 15 is 0 Å². The Balaban J connectivity index is 2.09. The molecule has 0 spiro atoms. The fourth-order valence-corrected chi connectivity index (χ4v) is 2.51. The Morgan fingerprint density at radius 3 is 2.93 bits per heavy atom. The van der Waals surface area contributed by atoms with Crippen molar-refractivity contribution in [2.75, 3.05) is 0 Å². The number of hydrogen-bond donors (Lipinski definition) is 1. The maximum atomic E-state index is 10.3. The van der Waals surface area contributed by atoms with E-state index in [-0.39, 0.29) is 6.10 Å². The van der Waals surface area contributed by atoms with E-state index in [0.717, 1.165) is 18.7 Å². The van der Waals surface area contributed by atoms with Crippen LogP contribution in [0.2, 0.25) is 0 Å². The van der Waals surface area contributed by atoms with Crippen molar-refractivity contribution in [3.8, 4) is 0 Å². The first-order chi connectivity index (χ1) is 7.33. The van der Waals surface area contributed by atoms with Crippen LogP contribution in [-0.4, -0.2) is 14.9 Å². The molecule has 0 aliphatic heterocycles. The third kappa shape index (κ3) is 2.23. The first kappa shape index (κ1) is 10.7. The largest absolute Gasteiger partial charge is 0.387 e. The summed E-state index contributed by atoms with van der Waals surface area (Å²) in [5.74, 6) is 0.456. The summed E-state index contributed by atoms with van der Waals surface area (Å²) < 4.78 is 1.95. The molecule has 1 atom stereocenters. The van der Waals surface area contributed by atoms with E-state index in [4.69, 9.17) is 0 Å². The molecule has 3 nitrogen and oxygen atoms in total. The number of aryl methyl sites for hydroxylation is 1. The molecule has 84 valence electrons. The second-order valence-corrected chi connectivity index (χ2v) is 4.47. The van der Waals surface area contributed by atoms with Gasteiger partial charge in [-0.15, -0.1) is 0 Å². The highest BCUT2D eigenvalue weighted by Crippen LogP contribution is 2.35. The molecule has 1 saturated carbocycles. The van der Waals surface area contributed by atoms with E-state index < -0.39 is 0 Å². The average molecular weight is 208 g/mol. The number of nitrogens with zero attached hydrogens (tertiary/aromatic N) is 2. The van der Waals surface area contributed by atoms with Crippen LogP contribution in [0.3, 0.4) is 0 Å². The van der Waals surface area contributed by atoms with Crippen molar-refractivity contribution >= 4 is 0 Å². The molecule has 1 heterocycles. The van der Waals surface area contributed by atoms with Gasteiger partial charge in [-0.3, -0.25) is 4.68 Å². The molecule has 0 bridgehead atoms. The average Bonchev–Trinajstić information content (AvgIpc) is 2.87. The molecule has 1 aliphatic carbocycles. The molecule has 0 aromatic carbocycles. The van der Waals surface area contributed by atoms with Gasteiger partial charge in [-0.05, 0) is 31.2 Å². The van der Waals surface area contributed by atoms with Gasteiger partial charge in [-0.25, -0.2) is 0 Å². The van der Waals surface area contributed by atoms with Crippen molar-refractivity contribution in [3.05, 3.63) is 18.0 Å².